The van der Waals surface area contributed by atoms with Crippen LogP contribution in [0.1, 0.15) is 59.9 Å². The smallest absolute Gasteiger partial charge is 0.407 e. The van der Waals surface area contributed by atoms with Gasteiger partial charge in [-0.05, 0) is 88.2 Å². The predicted octanol–water partition coefficient (Wildman–Crippen LogP) is 6.88. The van der Waals surface area contributed by atoms with E-state index in [1.165, 1.54) is 12.1 Å². The van der Waals surface area contributed by atoms with Crippen molar-refractivity contribution in [2.24, 2.45) is 11.3 Å². The summed E-state index contributed by atoms with van der Waals surface area (Å²) in [6.07, 6.45) is 1.01. The molecule has 1 aliphatic heterocycles. The number of benzene rings is 2. The molecule has 2 aromatic rings. The Morgan fingerprint density at radius 3 is 2.38 bits per heavy atom. The molecule has 1 fully saturated rings. The van der Waals surface area contributed by atoms with Crippen LogP contribution in [-0.2, 0) is 20.7 Å². The number of hydrogen-bond acceptors (Lipinski definition) is 5. The lowest BCUT2D eigenvalue weighted by atomic mass is 9.83. The standard InChI is InChI=1S/C31H42ClFN2O4/c1-7-38-28(36)23(14-15-35-19-31(5,6)20-35)17-25(34-29(37)39-30(2,3)4)16-21-8-10-22(11-9-21)26-18-24(32)12-13-27(26)33/h8-13,18,23,25H,7,14-17,19-20H2,1-6H3,(H,34,37)/t23-,25-/m1/s1. The van der Waals surface area contributed by atoms with Crippen molar-refractivity contribution in [3.8, 4) is 11.1 Å². The number of nitrogens with one attached hydrogen (secondary N) is 1. The third kappa shape index (κ3) is 9.80. The van der Waals surface area contributed by atoms with Gasteiger partial charge < -0.3 is 19.7 Å². The Bertz CT molecular complexity index is 1120. The molecule has 0 aromatic heterocycles. The summed E-state index contributed by atoms with van der Waals surface area (Å²) < 4.78 is 25.3. The van der Waals surface area contributed by atoms with Crippen LogP contribution < -0.4 is 5.32 Å². The third-order valence-electron chi connectivity index (χ3n) is 6.68. The first-order chi connectivity index (χ1) is 18.2. The Morgan fingerprint density at radius 1 is 1.13 bits per heavy atom. The van der Waals surface area contributed by atoms with Crippen molar-refractivity contribution in [2.45, 2.75) is 72.4 Å². The summed E-state index contributed by atoms with van der Waals surface area (Å²) in [6, 6.07) is 11.6. The number of amides is 1. The second-order valence-corrected chi connectivity index (χ2v) is 12.7. The molecule has 0 bridgehead atoms. The van der Waals surface area contributed by atoms with Gasteiger partial charge in [0.05, 0.1) is 12.5 Å². The molecule has 1 saturated heterocycles. The highest BCUT2D eigenvalue weighted by Gasteiger charge is 2.35. The number of halogens is 2. The van der Waals surface area contributed by atoms with E-state index in [1.54, 1.807) is 13.0 Å². The Balaban J connectivity index is 1.76. The van der Waals surface area contributed by atoms with Gasteiger partial charge in [-0.15, -0.1) is 0 Å². The normalized spacial score (nSPS) is 16.6. The lowest BCUT2D eigenvalue weighted by Gasteiger charge is -2.46. The molecule has 2 aromatic carbocycles. The topological polar surface area (TPSA) is 67.9 Å². The molecule has 6 nitrogen and oxygen atoms in total. The van der Waals surface area contributed by atoms with Crippen LogP contribution in [0.15, 0.2) is 42.5 Å². The molecular formula is C31H42ClFN2O4. The highest BCUT2D eigenvalue weighted by atomic mass is 35.5. The van der Waals surface area contributed by atoms with Crippen LogP contribution in [0.2, 0.25) is 5.02 Å². The van der Waals surface area contributed by atoms with E-state index < -0.39 is 11.7 Å². The number of carbonyl (C=O) groups excluding carboxylic acids is 2. The molecule has 0 spiro atoms. The third-order valence-corrected chi connectivity index (χ3v) is 6.92. The number of rotatable bonds is 11. The molecule has 1 N–H and O–H groups in total. The largest absolute Gasteiger partial charge is 0.466 e. The number of ether oxygens (including phenoxy) is 2. The second kappa shape index (κ2) is 13.1. The molecular weight excluding hydrogens is 519 g/mol. The van der Waals surface area contributed by atoms with E-state index in [0.717, 1.165) is 25.2 Å². The van der Waals surface area contributed by atoms with E-state index in [2.05, 4.69) is 24.1 Å². The van der Waals surface area contributed by atoms with Gasteiger partial charge in [-0.3, -0.25) is 4.79 Å². The van der Waals surface area contributed by atoms with Gasteiger partial charge in [-0.1, -0.05) is 49.7 Å². The fourth-order valence-corrected chi connectivity index (χ4v) is 5.26. The maximum atomic E-state index is 14.4. The molecule has 8 heteroatoms. The SMILES string of the molecule is CCOC(=O)[C@H](CCN1CC(C)(C)C1)C[C@@H](Cc1ccc(-c2cc(Cl)ccc2F)cc1)NC(=O)OC(C)(C)C. The number of carbonyl (C=O) groups is 2. The van der Waals surface area contributed by atoms with E-state index in [1.807, 2.05) is 45.0 Å². The number of alkyl carbamates (subject to hydrolysis) is 1. The maximum Gasteiger partial charge on any atom is 0.407 e. The van der Waals surface area contributed by atoms with Crippen molar-refractivity contribution in [3.05, 3.63) is 58.9 Å². The summed E-state index contributed by atoms with van der Waals surface area (Å²) in [6.45, 7) is 14.8. The highest BCUT2D eigenvalue weighted by Crippen LogP contribution is 2.30. The summed E-state index contributed by atoms with van der Waals surface area (Å²) >= 11 is 6.07. The molecule has 214 valence electrons. The minimum Gasteiger partial charge on any atom is -0.466 e. The van der Waals surface area contributed by atoms with Gasteiger partial charge >= 0.3 is 12.1 Å². The number of nitrogens with zero attached hydrogens (tertiary/aromatic N) is 1. The molecule has 0 radical (unpaired) electrons. The van der Waals surface area contributed by atoms with Gasteiger partial charge in [0.25, 0.3) is 0 Å². The predicted molar refractivity (Wildman–Crippen MR) is 153 cm³/mol. The van der Waals surface area contributed by atoms with Crippen LogP contribution >= 0.6 is 11.6 Å². The first kappa shape index (κ1) is 30.9. The zero-order valence-electron chi connectivity index (χ0n) is 24.0. The van der Waals surface area contributed by atoms with Gasteiger partial charge in [0, 0.05) is 29.7 Å². The first-order valence-electron chi connectivity index (χ1n) is 13.7. The summed E-state index contributed by atoms with van der Waals surface area (Å²) in [5, 5.41) is 3.44. The molecule has 3 rings (SSSR count). The minimum atomic E-state index is -0.651. The fraction of sp³-hybridized carbons (Fsp3) is 0.548. The molecule has 2 atom stereocenters. The second-order valence-electron chi connectivity index (χ2n) is 12.2. The van der Waals surface area contributed by atoms with Gasteiger partial charge in [0.1, 0.15) is 11.4 Å². The van der Waals surface area contributed by atoms with Gasteiger partial charge in [0.2, 0.25) is 0 Å². The highest BCUT2D eigenvalue weighted by molar-refractivity contribution is 6.30. The van der Waals surface area contributed by atoms with E-state index >= 15 is 0 Å². The van der Waals surface area contributed by atoms with Gasteiger partial charge in [-0.2, -0.15) is 0 Å². The monoisotopic (exact) mass is 560 g/mol. The van der Waals surface area contributed by atoms with Crippen molar-refractivity contribution in [3.63, 3.8) is 0 Å². The molecule has 1 heterocycles. The Labute approximate surface area is 237 Å². The molecule has 0 aliphatic carbocycles. The van der Waals surface area contributed by atoms with Crippen molar-refractivity contribution in [1.82, 2.24) is 10.2 Å². The van der Waals surface area contributed by atoms with Crippen molar-refractivity contribution < 1.29 is 23.5 Å². The zero-order valence-corrected chi connectivity index (χ0v) is 24.7. The van der Waals surface area contributed by atoms with Crippen LogP contribution in [0, 0.1) is 17.2 Å². The van der Waals surface area contributed by atoms with E-state index in [4.69, 9.17) is 21.1 Å². The fourth-order valence-electron chi connectivity index (χ4n) is 5.09. The Kier molecular flexibility index (Phi) is 10.4. The Morgan fingerprint density at radius 2 is 1.79 bits per heavy atom. The van der Waals surface area contributed by atoms with E-state index in [9.17, 15) is 14.0 Å². The van der Waals surface area contributed by atoms with Gasteiger partial charge in [-0.25, -0.2) is 9.18 Å². The van der Waals surface area contributed by atoms with Crippen LogP contribution in [0.3, 0.4) is 0 Å². The number of hydrogen-bond donors (Lipinski definition) is 1. The summed E-state index contributed by atoms with van der Waals surface area (Å²) in [5.74, 6) is -0.965. The summed E-state index contributed by atoms with van der Waals surface area (Å²) in [7, 11) is 0. The van der Waals surface area contributed by atoms with Crippen molar-refractivity contribution in [2.75, 3.05) is 26.2 Å². The van der Waals surface area contributed by atoms with Gasteiger partial charge in [0.15, 0.2) is 0 Å². The summed E-state index contributed by atoms with van der Waals surface area (Å²) in [4.78, 5) is 28.0. The lowest BCUT2D eigenvalue weighted by molar-refractivity contribution is -0.149. The van der Waals surface area contributed by atoms with Crippen LogP contribution in [0.4, 0.5) is 9.18 Å². The average molecular weight is 561 g/mol. The van der Waals surface area contributed by atoms with Crippen LogP contribution in [-0.4, -0.2) is 54.8 Å². The average Bonchev–Trinajstić information content (AvgIpc) is 2.81. The number of esters is 1. The first-order valence-corrected chi connectivity index (χ1v) is 14.1. The molecule has 1 aliphatic rings. The van der Waals surface area contributed by atoms with E-state index in [0.29, 0.717) is 47.4 Å². The molecule has 0 unspecified atom stereocenters. The Hall–Kier alpha value is -2.64. The molecule has 0 saturated carbocycles. The quantitative estimate of drug-likeness (QED) is 0.303. The number of likely N-dealkylation sites (tertiary alicyclic amines) is 1. The molecule has 1 amide bonds. The van der Waals surface area contributed by atoms with Crippen molar-refractivity contribution in [1.29, 1.82) is 0 Å². The van der Waals surface area contributed by atoms with Crippen molar-refractivity contribution >= 4 is 23.7 Å². The zero-order chi connectivity index (χ0) is 28.8. The van der Waals surface area contributed by atoms with E-state index in [-0.39, 0.29) is 23.7 Å². The van der Waals surface area contributed by atoms with Crippen LogP contribution in [0.25, 0.3) is 11.1 Å². The van der Waals surface area contributed by atoms with Crippen LogP contribution in [0.5, 0.6) is 0 Å². The summed E-state index contributed by atoms with van der Waals surface area (Å²) in [5.41, 5.74) is 1.73. The minimum absolute atomic E-state index is 0.250. The lowest BCUT2D eigenvalue weighted by Crippen LogP contribution is -2.53. The maximum absolute atomic E-state index is 14.4. The molecule has 39 heavy (non-hydrogen) atoms.